The van der Waals surface area contributed by atoms with Crippen LogP contribution >= 0.6 is 11.8 Å². The van der Waals surface area contributed by atoms with Gasteiger partial charge in [0, 0.05) is 16.7 Å². The molecule has 106 valence electrons. The predicted molar refractivity (Wildman–Crippen MR) is 89.5 cm³/mol. The van der Waals surface area contributed by atoms with Crippen molar-refractivity contribution in [2.75, 3.05) is 5.75 Å². The molecule has 0 fully saturated rings. The van der Waals surface area contributed by atoms with E-state index in [1.165, 1.54) is 32.7 Å². The zero-order valence-corrected chi connectivity index (χ0v) is 13.6. The molecule has 1 unspecified atom stereocenters. The normalized spacial score (nSPS) is 12.4. The van der Waals surface area contributed by atoms with E-state index in [9.17, 15) is 0 Å². The highest BCUT2D eigenvalue weighted by Crippen LogP contribution is 2.27. The third kappa shape index (κ3) is 3.87. The number of hydrogen-bond acceptors (Lipinski definition) is 2. The summed E-state index contributed by atoms with van der Waals surface area (Å²) in [5.74, 6) is 0.910. The predicted octanol–water partition coefficient (Wildman–Crippen LogP) is 4.71. The van der Waals surface area contributed by atoms with Crippen LogP contribution in [0.25, 0.3) is 0 Å². The fraction of sp³-hybridized carbons (Fsp3) is 0.333. The Morgan fingerprint density at radius 2 is 1.55 bits per heavy atom. The quantitative estimate of drug-likeness (QED) is 0.823. The summed E-state index contributed by atoms with van der Waals surface area (Å²) in [5.41, 5.74) is 12.8. The molecule has 0 bridgehead atoms. The molecule has 0 saturated heterocycles. The monoisotopic (exact) mass is 285 g/mol. The number of thioether (sulfide) groups is 1. The lowest BCUT2D eigenvalue weighted by Gasteiger charge is -2.14. The van der Waals surface area contributed by atoms with Crippen LogP contribution in [-0.2, 0) is 0 Å². The Balaban J connectivity index is 2.08. The van der Waals surface area contributed by atoms with Crippen molar-refractivity contribution in [3.8, 4) is 0 Å². The molecular weight excluding hydrogens is 262 g/mol. The largest absolute Gasteiger partial charge is 0.323 e. The lowest BCUT2D eigenvalue weighted by molar-refractivity contribution is 0.828. The molecule has 2 aromatic rings. The zero-order chi connectivity index (χ0) is 14.7. The van der Waals surface area contributed by atoms with Crippen LogP contribution in [0.2, 0.25) is 0 Å². The van der Waals surface area contributed by atoms with Gasteiger partial charge in [-0.3, -0.25) is 0 Å². The summed E-state index contributed by atoms with van der Waals surface area (Å²) in [4.78, 5) is 1.34. The Hall–Kier alpha value is -1.25. The van der Waals surface area contributed by atoms with Gasteiger partial charge in [-0.2, -0.15) is 0 Å². The molecule has 2 N–H and O–H groups in total. The first kappa shape index (κ1) is 15.1. The van der Waals surface area contributed by atoms with Crippen LogP contribution < -0.4 is 5.73 Å². The number of benzene rings is 2. The van der Waals surface area contributed by atoms with Gasteiger partial charge < -0.3 is 5.73 Å². The maximum absolute atomic E-state index is 6.35. The Morgan fingerprint density at radius 3 is 2.20 bits per heavy atom. The van der Waals surface area contributed by atoms with Crippen LogP contribution in [0.1, 0.15) is 33.9 Å². The molecule has 0 saturated carbocycles. The Kier molecular flexibility index (Phi) is 4.90. The smallest absolute Gasteiger partial charge is 0.0390 e. The summed E-state index contributed by atoms with van der Waals surface area (Å²) >= 11 is 1.85. The van der Waals surface area contributed by atoms with Gasteiger partial charge in [0.05, 0.1) is 0 Å². The molecular formula is C18H23NS. The Bertz CT molecular complexity index is 584. The fourth-order valence-electron chi connectivity index (χ4n) is 2.36. The molecule has 0 aliphatic rings. The minimum atomic E-state index is 0.0820. The van der Waals surface area contributed by atoms with E-state index in [0.717, 1.165) is 5.75 Å². The van der Waals surface area contributed by atoms with Crippen LogP contribution in [0.4, 0.5) is 0 Å². The molecule has 0 aliphatic heterocycles. The van der Waals surface area contributed by atoms with Crippen molar-refractivity contribution in [1.29, 1.82) is 0 Å². The van der Waals surface area contributed by atoms with E-state index in [1.807, 2.05) is 11.8 Å². The van der Waals surface area contributed by atoms with E-state index in [-0.39, 0.29) is 6.04 Å². The van der Waals surface area contributed by atoms with Crippen LogP contribution in [0.3, 0.4) is 0 Å². The van der Waals surface area contributed by atoms with Crippen LogP contribution in [0.5, 0.6) is 0 Å². The first-order valence-corrected chi connectivity index (χ1v) is 7.98. The first-order chi connectivity index (χ1) is 9.45. The second-order valence-electron chi connectivity index (χ2n) is 5.61. The topological polar surface area (TPSA) is 26.0 Å². The van der Waals surface area contributed by atoms with Crippen LogP contribution in [0, 0.1) is 27.7 Å². The van der Waals surface area contributed by atoms with E-state index < -0.39 is 0 Å². The van der Waals surface area contributed by atoms with Crippen molar-refractivity contribution >= 4 is 11.8 Å². The average molecular weight is 285 g/mol. The third-order valence-corrected chi connectivity index (χ3v) is 4.71. The first-order valence-electron chi connectivity index (χ1n) is 6.99. The molecule has 2 aromatic carbocycles. The number of nitrogens with two attached hydrogens (primary N) is 1. The molecule has 2 rings (SSSR count). The van der Waals surface area contributed by atoms with Gasteiger partial charge in [0.15, 0.2) is 0 Å². The summed E-state index contributed by atoms with van der Waals surface area (Å²) < 4.78 is 0. The number of aryl methyl sites for hydroxylation is 4. The van der Waals surface area contributed by atoms with Crippen molar-refractivity contribution in [1.82, 2.24) is 0 Å². The molecule has 1 atom stereocenters. The van der Waals surface area contributed by atoms with Gasteiger partial charge in [-0.15, -0.1) is 11.8 Å². The summed E-state index contributed by atoms with van der Waals surface area (Å²) in [6.07, 6.45) is 0. The van der Waals surface area contributed by atoms with Gasteiger partial charge in [-0.1, -0.05) is 47.0 Å². The molecule has 0 radical (unpaired) electrons. The Morgan fingerprint density at radius 1 is 0.900 bits per heavy atom. The van der Waals surface area contributed by atoms with Gasteiger partial charge in [0.25, 0.3) is 0 Å². The minimum absolute atomic E-state index is 0.0820. The highest BCUT2D eigenvalue weighted by Gasteiger charge is 2.09. The van der Waals surface area contributed by atoms with Crippen molar-refractivity contribution in [3.63, 3.8) is 0 Å². The van der Waals surface area contributed by atoms with E-state index in [2.05, 4.69) is 64.1 Å². The molecule has 1 nitrogen and oxygen atoms in total. The molecule has 20 heavy (non-hydrogen) atoms. The summed E-state index contributed by atoms with van der Waals surface area (Å²) in [6.45, 7) is 8.54. The van der Waals surface area contributed by atoms with E-state index in [1.54, 1.807) is 0 Å². The van der Waals surface area contributed by atoms with Gasteiger partial charge in [0.2, 0.25) is 0 Å². The van der Waals surface area contributed by atoms with Gasteiger partial charge >= 0.3 is 0 Å². The standard InChI is InChI=1S/C18H23NS/c1-12-5-6-15(4)18(10-12)20-11-17(19)16-8-13(2)7-14(3)9-16/h5-10,17H,11,19H2,1-4H3. The van der Waals surface area contributed by atoms with Crippen molar-refractivity contribution in [2.45, 2.75) is 38.6 Å². The second-order valence-corrected chi connectivity index (χ2v) is 6.67. The lowest BCUT2D eigenvalue weighted by atomic mass is 10.0. The summed E-state index contributed by atoms with van der Waals surface area (Å²) in [5, 5.41) is 0. The van der Waals surface area contributed by atoms with E-state index in [0.29, 0.717) is 0 Å². The second kappa shape index (κ2) is 6.47. The average Bonchev–Trinajstić information content (AvgIpc) is 2.38. The zero-order valence-electron chi connectivity index (χ0n) is 12.7. The van der Waals surface area contributed by atoms with Crippen LogP contribution in [-0.4, -0.2) is 5.75 Å². The highest BCUT2D eigenvalue weighted by molar-refractivity contribution is 7.99. The minimum Gasteiger partial charge on any atom is -0.323 e. The highest BCUT2D eigenvalue weighted by atomic mass is 32.2. The third-order valence-electron chi connectivity index (χ3n) is 3.43. The molecule has 0 spiro atoms. The SMILES string of the molecule is Cc1cc(C)cc(C(N)CSc2cc(C)ccc2C)c1. The summed E-state index contributed by atoms with van der Waals surface area (Å²) in [7, 11) is 0. The Labute approximate surface area is 126 Å². The molecule has 0 aromatic heterocycles. The van der Waals surface area contributed by atoms with Crippen LogP contribution in [0.15, 0.2) is 41.3 Å². The fourth-order valence-corrected chi connectivity index (χ4v) is 3.48. The van der Waals surface area contributed by atoms with E-state index >= 15 is 0 Å². The van der Waals surface area contributed by atoms with Gasteiger partial charge in [-0.25, -0.2) is 0 Å². The van der Waals surface area contributed by atoms with Gasteiger partial charge in [0.1, 0.15) is 0 Å². The molecule has 0 aliphatic carbocycles. The lowest BCUT2D eigenvalue weighted by Crippen LogP contribution is -2.13. The van der Waals surface area contributed by atoms with Crippen molar-refractivity contribution in [2.24, 2.45) is 5.73 Å². The maximum atomic E-state index is 6.35. The van der Waals surface area contributed by atoms with Crippen molar-refractivity contribution in [3.05, 3.63) is 64.2 Å². The molecule has 0 amide bonds. The number of hydrogen-bond donors (Lipinski definition) is 1. The van der Waals surface area contributed by atoms with Gasteiger partial charge in [-0.05, 0) is 44.9 Å². The molecule has 2 heteroatoms. The van der Waals surface area contributed by atoms with Crippen molar-refractivity contribution < 1.29 is 0 Å². The maximum Gasteiger partial charge on any atom is 0.0390 e. The van der Waals surface area contributed by atoms with E-state index in [4.69, 9.17) is 5.73 Å². The molecule has 0 heterocycles. The summed E-state index contributed by atoms with van der Waals surface area (Å²) in [6, 6.07) is 13.2. The number of rotatable bonds is 4.